The Bertz CT molecular complexity index is 63.5. The van der Waals surface area contributed by atoms with Crippen LogP contribution in [0.25, 0.3) is 0 Å². The van der Waals surface area contributed by atoms with Gasteiger partial charge in [-0.3, -0.25) is 9.44 Å². The van der Waals surface area contributed by atoms with Gasteiger partial charge in [0.15, 0.2) is 0 Å². The number of hydrogen-bond donors (Lipinski definition) is 3. The zero-order valence-corrected chi connectivity index (χ0v) is 8.81. The molecule has 2 N–H and O–H groups in total. The monoisotopic (exact) mass is 194 g/mol. The lowest BCUT2D eigenvalue weighted by Gasteiger charge is -2.00. The van der Waals surface area contributed by atoms with E-state index in [1.165, 1.54) is 25.7 Å². The maximum atomic E-state index is 3.91. The highest BCUT2D eigenvalue weighted by atomic mass is 32.2. The predicted octanol–water partition coefficient (Wildman–Crippen LogP) is 1.85. The van der Waals surface area contributed by atoms with E-state index in [4.69, 9.17) is 0 Å². The second kappa shape index (κ2) is 10.6. The molecule has 68 valence electrons. The number of thiol groups is 1. The lowest BCUT2D eigenvalue weighted by Crippen LogP contribution is -2.05. The lowest BCUT2D eigenvalue weighted by atomic mass is 10.2. The van der Waals surface area contributed by atoms with Gasteiger partial charge in [-0.1, -0.05) is 37.6 Å². The Labute approximate surface area is 79.6 Å². The summed E-state index contributed by atoms with van der Waals surface area (Å²) < 4.78 is 6.07. The Kier molecular flexibility index (Phi) is 11.2. The molecule has 0 bridgehead atoms. The first-order valence-corrected chi connectivity index (χ1v) is 5.72. The third kappa shape index (κ3) is 10.6. The van der Waals surface area contributed by atoms with Crippen LogP contribution in [0.1, 0.15) is 25.7 Å². The molecular weight excluding hydrogens is 176 g/mol. The highest BCUT2D eigenvalue weighted by Crippen LogP contribution is 1.98. The SMILES string of the molecule is CSNCCCCCCNS. The van der Waals surface area contributed by atoms with E-state index < -0.39 is 0 Å². The molecule has 0 spiro atoms. The largest absolute Gasteiger partial charge is 0.267 e. The minimum absolute atomic E-state index is 1.03. The van der Waals surface area contributed by atoms with Gasteiger partial charge < -0.3 is 0 Å². The molecule has 0 heterocycles. The Morgan fingerprint density at radius 1 is 1.09 bits per heavy atom. The third-order valence-electron chi connectivity index (χ3n) is 1.46. The van der Waals surface area contributed by atoms with E-state index in [-0.39, 0.29) is 0 Å². The summed E-state index contributed by atoms with van der Waals surface area (Å²) in [5, 5.41) is 0. The second-order valence-electron chi connectivity index (χ2n) is 2.42. The van der Waals surface area contributed by atoms with Crippen LogP contribution in [-0.4, -0.2) is 19.3 Å². The summed E-state index contributed by atoms with van der Waals surface area (Å²) in [7, 11) is 0. The number of hydrogen-bond acceptors (Lipinski definition) is 4. The highest BCUT2D eigenvalue weighted by molar-refractivity contribution is 7.96. The predicted molar refractivity (Wildman–Crippen MR) is 57.0 cm³/mol. The van der Waals surface area contributed by atoms with Crippen molar-refractivity contribution in [1.82, 2.24) is 9.44 Å². The van der Waals surface area contributed by atoms with Crippen molar-refractivity contribution < 1.29 is 0 Å². The highest BCUT2D eigenvalue weighted by Gasteiger charge is 1.88. The summed E-state index contributed by atoms with van der Waals surface area (Å²) in [5.41, 5.74) is 0. The first-order valence-electron chi connectivity index (χ1n) is 4.04. The molecular formula is C7H18N2S2. The molecule has 0 aromatic rings. The van der Waals surface area contributed by atoms with E-state index in [9.17, 15) is 0 Å². The molecule has 0 atom stereocenters. The van der Waals surface area contributed by atoms with E-state index >= 15 is 0 Å². The maximum absolute atomic E-state index is 3.91. The first kappa shape index (κ1) is 11.6. The van der Waals surface area contributed by atoms with E-state index in [1.807, 2.05) is 0 Å². The van der Waals surface area contributed by atoms with Gasteiger partial charge in [0, 0.05) is 13.1 Å². The zero-order valence-electron chi connectivity index (χ0n) is 7.10. The molecule has 0 aromatic carbocycles. The molecule has 0 aliphatic carbocycles. The molecule has 0 saturated carbocycles. The minimum atomic E-state index is 1.03. The number of rotatable bonds is 8. The molecule has 0 radical (unpaired) electrons. The summed E-state index contributed by atoms with van der Waals surface area (Å²) >= 11 is 5.61. The molecule has 4 heteroatoms. The van der Waals surface area contributed by atoms with Crippen LogP contribution >= 0.6 is 24.8 Å². The summed E-state index contributed by atoms with van der Waals surface area (Å²) in [5.74, 6) is 0. The third-order valence-corrected chi connectivity index (χ3v) is 2.18. The van der Waals surface area contributed by atoms with Gasteiger partial charge in [-0.15, -0.1) is 0 Å². The van der Waals surface area contributed by atoms with Gasteiger partial charge in [0.25, 0.3) is 0 Å². The van der Waals surface area contributed by atoms with Gasteiger partial charge >= 0.3 is 0 Å². The second-order valence-corrected chi connectivity index (χ2v) is 3.43. The van der Waals surface area contributed by atoms with Crippen molar-refractivity contribution in [2.24, 2.45) is 0 Å². The summed E-state index contributed by atoms with van der Waals surface area (Å²) in [6.45, 7) is 2.16. The zero-order chi connectivity index (χ0) is 8.36. The minimum Gasteiger partial charge on any atom is -0.267 e. The van der Waals surface area contributed by atoms with E-state index in [0.29, 0.717) is 0 Å². The maximum Gasteiger partial charge on any atom is 0.00584 e. The van der Waals surface area contributed by atoms with Crippen molar-refractivity contribution >= 4 is 24.8 Å². The fraction of sp³-hybridized carbons (Fsp3) is 1.00. The Morgan fingerprint density at radius 3 is 2.27 bits per heavy atom. The Balaban J connectivity index is 2.69. The van der Waals surface area contributed by atoms with Crippen LogP contribution in [0.4, 0.5) is 0 Å². The molecule has 0 aromatic heterocycles. The van der Waals surface area contributed by atoms with Crippen LogP contribution in [0.2, 0.25) is 0 Å². The van der Waals surface area contributed by atoms with Crippen molar-refractivity contribution in [3.8, 4) is 0 Å². The number of unbranched alkanes of at least 4 members (excludes halogenated alkanes) is 3. The smallest absolute Gasteiger partial charge is 0.00584 e. The van der Waals surface area contributed by atoms with Crippen molar-refractivity contribution in [3.05, 3.63) is 0 Å². The molecule has 0 rings (SSSR count). The van der Waals surface area contributed by atoms with Gasteiger partial charge in [-0.25, -0.2) is 0 Å². The van der Waals surface area contributed by atoms with Crippen molar-refractivity contribution in [2.45, 2.75) is 25.7 Å². The van der Waals surface area contributed by atoms with Crippen molar-refractivity contribution in [3.63, 3.8) is 0 Å². The lowest BCUT2D eigenvalue weighted by molar-refractivity contribution is 0.636. The van der Waals surface area contributed by atoms with Gasteiger partial charge in [0.2, 0.25) is 0 Å². The fourth-order valence-electron chi connectivity index (χ4n) is 0.857. The van der Waals surface area contributed by atoms with Crippen LogP contribution < -0.4 is 9.44 Å². The van der Waals surface area contributed by atoms with Crippen molar-refractivity contribution in [1.29, 1.82) is 0 Å². The van der Waals surface area contributed by atoms with Gasteiger partial charge in [-0.05, 0) is 19.1 Å². The molecule has 0 unspecified atom stereocenters. The summed E-state index contributed by atoms with van der Waals surface area (Å²) in [4.78, 5) is 0. The van der Waals surface area contributed by atoms with Gasteiger partial charge in [-0.2, -0.15) is 0 Å². The van der Waals surface area contributed by atoms with E-state index in [2.05, 4.69) is 28.5 Å². The molecule has 0 aliphatic heterocycles. The van der Waals surface area contributed by atoms with Gasteiger partial charge in [0.05, 0.1) is 0 Å². The molecule has 0 fully saturated rings. The van der Waals surface area contributed by atoms with Crippen LogP contribution in [0.3, 0.4) is 0 Å². The Hall–Kier alpha value is 0.620. The molecule has 0 amide bonds. The van der Waals surface area contributed by atoms with Crippen LogP contribution in [-0.2, 0) is 0 Å². The normalized spacial score (nSPS) is 10.4. The Morgan fingerprint density at radius 2 is 1.73 bits per heavy atom. The quantitative estimate of drug-likeness (QED) is 0.312. The first-order chi connectivity index (χ1) is 5.41. The van der Waals surface area contributed by atoms with E-state index in [1.54, 1.807) is 11.9 Å². The molecule has 11 heavy (non-hydrogen) atoms. The fourth-order valence-corrected chi connectivity index (χ4v) is 1.36. The van der Waals surface area contributed by atoms with Crippen LogP contribution in [0.5, 0.6) is 0 Å². The summed E-state index contributed by atoms with van der Waals surface area (Å²) in [6.07, 6.45) is 7.22. The standard InChI is InChI=1S/C7H18N2S2/c1-11-9-7-5-3-2-4-6-8-10/h8-10H,2-7H2,1H3. The average Bonchev–Trinajstić information content (AvgIpc) is 2.03. The van der Waals surface area contributed by atoms with Crippen LogP contribution in [0.15, 0.2) is 0 Å². The van der Waals surface area contributed by atoms with Crippen molar-refractivity contribution in [2.75, 3.05) is 19.3 Å². The van der Waals surface area contributed by atoms with Gasteiger partial charge in [0.1, 0.15) is 0 Å². The average molecular weight is 194 g/mol. The summed E-state index contributed by atoms with van der Waals surface area (Å²) in [6, 6.07) is 0. The molecule has 2 nitrogen and oxygen atoms in total. The molecule has 0 saturated heterocycles. The number of nitrogens with one attached hydrogen (secondary N) is 2. The molecule has 0 aliphatic rings. The topological polar surface area (TPSA) is 24.1 Å². The van der Waals surface area contributed by atoms with Crippen LogP contribution in [0, 0.1) is 0 Å². The van der Waals surface area contributed by atoms with E-state index in [0.717, 1.165) is 13.1 Å².